The lowest BCUT2D eigenvalue weighted by Crippen LogP contribution is -2.54. The largest absolute Gasteiger partial charge is 0.508 e. The first-order valence-corrected chi connectivity index (χ1v) is 7.30. The third kappa shape index (κ3) is 4.03. The van der Waals surface area contributed by atoms with Crippen molar-refractivity contribution in [3.05, 3.63) is 24.3 Å². The number of carbonyl (C=O) groups is 1. The maximum Gasteiger partial charge on any atom is 0.410 e. The highest BCUT2D eigenvalue weighted by Crippen LogP contribution is 2.23. The molecule has 0 unspecified atom stereocenters. The summed E-state index contributed by atoms with van der Waals surface area (Å²) in [6.07, 6.45) is -0.250. The average Bonchev–Trinajstić information content (AvgIpc) is 2.38. The molecule has 1 N–H and O–H groups in total. The van der Waals surface area contributed by atoms with Crippen molar-refractivity contribution in [1.29, 1.82) is 0 Å². The van der Waals surface area contributed by atoms with E-state index in [4.69, 9.17) is 4.74 Å². The van der Waals surface area contributed by atoms with Gasteiger partial charge in [0.2, 0.25) is 0 Å². The molecule has 1 aromatic carbocycles. The van der Waals surface area contributed by atoms with Gasteiger partial charge in [0.15, 0.2) is 0 Å². The standard InChI is InChI=1S/C16H24N2O3/c1-12-11-17(15(20)21-16(2,3)4)9-10-18(12)13-5-7-14(19)8-6-13/h5-8,12,19H,9-11H2,1-4H3/t12-/m1/s1. The third-order valence-electron chi connectivity index (χ3n) is 3.46. The summed E-state index contributed by atoms with van der Waals surface area (Å²) in [5, 5.41) is 9.36. The highest BCUT2D eigenvalue weighted by atomic mass is 16.6. The van der Waals surface area contributed by atoms with E-state index in [1.54, 1.807) is 17.0 Å². The summed E-state index contributed by atoms with van der Waals surface area (Å²) >= 11 is 0. The average molecular weight is 292 g/mol. The number of hydrogen-bond acceptors (Lipinski definition) is 4. The van der Waals surface area contributed by atoms with Crippen molar-refractivity contribution >= 4 is 11.8 Å². The fourth-order valence-electron chi connectivity index (χ4n) is 2.48. The summed E-state index contributed by atoms with van der Waals surface area (Å²) in [5.41, 5.74) is 0.596. The van der Waals surface area contributed by atoms with Crippen LogP contribution in [0, 0.1) is 0 Å². The molecule has 0 spiro atoms. The van der Waals surface area contributed by atoms with E-state index in [1.807, 2.05) is 32.9 Å². The minimum atomic E-state index is -0.464. The van der Waals surface area contributed by atoms with Gasteiger partial charge in [-0.3, -0.25) is 0 Å². The van der Waals surface area contributed by atoms with Crippen LogP contribution in [0.3, 0.4) is 0 Å². The number of benzene rings is 1. The lowest BCUT2D eigenvalue weighted by Gasteiger charge is -2.41. The van der Waals surface area contributed by atoms with E-state index in [9.17, 15) is 9.90 Å². The zero-order valence-corrected chi connectivity index (χ0v) is 13.2. The molecule has 1 aliphatic rings. The number of hydrogen-bond donors (Lipinski definition) is 1. The van der Waals surface area contributed by atoms with Crippen molar-refractivity contribution in [2.75, 3.05) is 24.5 Å². The van der Waals surface area contributed by atoms with Crippen molar-refractivity contribution in [3.63, 3.8) is 0 Å². The zero-order chi connectivity index (χ0) is 15.6. The summed E-state index contributed by atoms with van der Waals surface area (Å²) in [6.45, 7) is 9.74. The topological polar surface area (TPSA) is 53.0 Å². The molecular weight excluding hydrogens is 268 g/mol. The second-order valence-electron chi connectivity index (χ2n) is 6.49. The van der Waals surface area contributed by atoms with Crippen LogP contribution in [0.15, 0.2) is 24.3 Å². The van der Waals surface area contributed by atoms with Crippen molar-refractivity contribution in [3.8, 4) is 5.75 Å². The van der Waals surface area contributed by atoms with E-state index in [0.29, 0.717) is 13.1 Å². The molecule has 1 aromatic rings. The van der Waals surface area contributed by atoms with Crippen LogP contribution in [-0.2, 0) is 4.74 Å². The molecule has 5 heteroatoms. The normalized spacial score (nSPS) is 19.5. The number of ether oxygens (including phenoxy) is 1. The Balaban J connectivity index is 1.99. The fraction of sp³-hybridized carbons (Fsp3) is 0.562. The van der Waals surface area contributed by atoms with Crippen LogP contribution >= 0.6 is 0 Å². The van der Waals surface area contributed by atoms with Gasteiger partial charge in [-0.25, -0.2) is 4.79 Å². The molecule has 0 bridgehead atoms. The summed E-state index contributed by atoms with van der Waals surface area (Å²) in [4.78, 5) is 16.1. The molecule has 2 rings (SSSR count). The molecule has 1 saturated heterocycles. The van der Waals surface area contributed by atoms with Crippen LogP contribution in [0.4, 0.5) is 10.5 Å². The third-order valence-corrected chi connectivity index (χ3v) is 3.46. The Morgan fingerprint density at radius 3 is 2.38 bits per heavy atom. The van der Waals surface area contributed by atoms with Gasteiger partial charge in [-0.2, -0.15) is 0 Å². The van der Waals surface area contributed by atoms with Gasteiger partial charge in [0.25, 0.3) is 0 Å². The molecule has 0 saturated carbocycles. The van der Waals surface area contributed by atoms with Gasteiger partial charge >= 0.3 is 6.09 Å². The minimum absolute atomic E-state index is 0.204. The number of nitrogens with zero attached hydrogens (tertiary/aromatic N) is 2. The number of phenols is 1. The molecule has 5 nitrogen and oxygen atoms in total. The summed E-state index contributed by atoms with van der Waals surface area (Å²) in [7, 11) is 0. The van der Waals surface area contributed by atoms with E-state index in [0.717, 1.165) is 12.2 Å². The summed E-state index contributed by atoms with van der Waals surface area (Å²) in [5.74, 6) is 0.263. The molecule has 1 amide bonds. The minimum Gasteiger partial charge on any atom is -0.508 e. The SMILES string of the molecule is C[C@@H]1CN(C(=O)OC(C)(C)C)CCN1c1ccc(O)cc1. The van der Waals surface area contributed by atoms with Crippen LogP contribution in [0.5, 0.6) is 5.75 Å². The second kappa shape index (κ2) is 5.84. The molecule has 116 valence electrons. The molecule has 0 aliphatic carbocycles. The quantitative estimate of drug-likeness (QED) is 0.865. The van der Waals surface area contributed by atoms with Crippen LogP contribution in [0.25, 0.3) is 0 Å². The number of piperazine rings is 1. The monoisotopic (exact) mass is 292 g/mol. The van der Waals surface area contributed by atoms with Crippen LogP contribution in [0.2, 0.25) is 0 Å². The maximum atomic E-state index is 12.1. The number of aromatic hydroxyl groups is 1. The molecule has 1 atom stereocenters. The van der Waals surface area contributed by atoms with Crippen molar-refractivity contribution in [2.45, 2.75) is 39.3 Å². The Labute approximate surface area is 126 Å². The number of rotatable bonds is 1. The lowest BCUT2D eigenvalue weighted by molar-refractivity contribution is 0.0219. The van der Waals surface area contributed by atoms with E-state index in [2.05, 4.69) is 11.8 Å². The van der Waals surface area contributed by atoms with Gasteiger partial charge in [0.1, 0.15) is 11.4 Å². The Morgan fingerprint density at radius 2 is 1.86 bits per heavy atom. The predicted molar refractivity (Wildman–Crippen MR) is 82.7 cm³/mol. The van der Waals surface area contributed by atoms with Crippen LogP contribution in [-0.4, -0.2) is 47.4 Å². The van der Waals surface area contributed by atoms with Gasteiger partial charge in [-0.1, -0.05) is 0 Å². The van der Waals surface area contributed by atoms with Gasteiger partial charge < -0.3 is 19.6 Å². The Hall–Kier alpha value is -1.91. The van der Waals surface area contributed by atoms with Crippen molar-refractivity contribution in [2.24, 2.45) is 0 Å². The molecule has 1 aliphatic heterocycles. The van der Waals surface area contributed by atoms with E-state index in [-0.39, 0.29) is 17.9 Å². The van der Waals surface area contributed by atoms with Crippen molar-refractivity contribution in [1.82, 2.24) is 4.90 Å². The van der Waals surface area contributed by atoms with E-state index in [1.165, 1.54) is 0 Å². The first-order chi connectivity index (χ1) is 9.76. The fourth-order valence-corrected chi connectivity index (χ4v) is 2.48. The highest BCUT2D eigenvalue weighted by Gasteiger charge is 2.29. The van der Waals surface area contributed by atoms with E-state index >= 15 is 0 Å². The molecular formula is C16H24N2O3. The predicted octanol–water partition coefficient (Wildman–Crippen LogP) is 2.84. The van der Waals surface area contributed by atoms with Gasteiger partial charge in [-0.05, 0) is 52.0 Å². The van der Waals surface area contributed by atoms with Gasteiger partial charge in [0.05, 0.1) is 0 Å². The molecule has 21 heavy (non-hydrogen) atoms. The summed E-state index contributed by atoms with van der Waals surface area (Å²) < 4.78 is 5.42. The Morgan fingerprint density at radius 1 is 1.24 bits per heavy atom. The van der Waals surface area contributed by atoms with E-state index < -0.39 is 5.60 Å². The van der Waals surface area contributed by atoms with Gasteiger partial charge in [0, 0.05) is 31.4 Å². The first kappa shape index (κ1) is 15.5. The van der Waals surface area contributed by atoms with Crippen LogP contribution in [0.1, 0.15) is 27.7 Å². The number of phenolic OH excluding ortho intramolecular Hbond substituents is 1. The Bertz CT molecular complexity index is 493. The van der Waals surface area contributed by atoms with Crippen LogP contribution < -0.4 is 4.90 Å². The molecule has 0 radical (unpaired) electrons. The molecule has 1 heterocycles. The summed E-state index contributed by atoms with van der Waals surface area (Å²) in [6, 6.07) is 7.37. The molecule has 0 aromatic heterocycles. The second-order valence-corrected chi connectivity index (χ2v) is 6.49. The van der Waals surface area contributed by atoms with Crippen molar-refractivity contribution < 1.29 is 14.6 Å². The van der Waals surface area contributed by atoms with Gasteiger partial charge in [-0.15, -0.1) is 0 Å². The maximum absolute atomic E-state index is 12.1. The molecule has 1 fully saturated rings. The smallest absolute Gasteiger partial charge is 0.410 e. The number of carbonyl (C=O) groups excluding carboxylic acids is 1. The lowest BCUT2D eigenvalue weighted by atomic mass is 10.1. The number of amides is 1. The Kier molecular flexibility index (Phi) is 4.30. The zero-order valence-electron chi connectivity index (χ0n) is 13.2. The number of anilines is 1. The highest BCUT2D eigenvalue weighted by molar-refractivity contribution is 5.69. The first-order valence-electron chi connectivity index (χ1n) is 7.30.